The van der Waals surface area contributed by atoms with Crippen molar-refractivity contribution < 1.29 is 24.9 Å². The molecule has 5 heteroatoms. The summed E-state index contributed by atoms with van der Waals surface area (Å²) < 4.78 is 0. The van der Waals surface area contributed by atoms with Crippen LogP contribution in [0.25, 0.3) is 0 Å². The predicted octanol–water partition coefficient (Wildman–Crippen LogP) is 8.04. The number of aliphatic carboxylic acids is 2. The van der Waals surface area contributed by atoms with Gasteiger partial charge in [-0.3, -0.25) is 9.59 Å². The molecule has 0 saturated carbocycles. The Morgan fingerprint density at radius 3 is 1.23 bits per heavy atom. The smallest absolute Gasteiger partial charge is 0.321 e. The van der Waals surface area contributed by atoms with Crippen molar-refractivity contribution in [3.8, 4) is 0 Å². The van der Waals surface area contributed by atoms with Crippen LogP contribution in [0.4, 0.5) is 0 Å². The number of rotatable bonds is 23. The quantitative estimate of drug-likeness (QED) is 0.0849. The molecule has 31 heavy (non-hydrogen) atoms. The monoisotopic (exact) mass is 440 g/mol. The molecule has 0 heterocycles. The van der Waals surface area contributed by atoms with Gasteiger partial charge in [0, 0.05) is 6.42 Å². The van der Waals surface area contributed by atoms with Crippen LogP contribution < -0.4 is 0 Å². The molecule has 0 rings (SSSR count). The summed E-state index contributed by atoms with van der Waals surface area (Å²) in [4.78, 5) is 23.7. The molecule has 182 valence electrons. The van der Waals surface area contributed by atoms with E-state index in [1.165, 1.54) is 32.1 Å². The maximum Gasteiger partial charge on any atom is 0.321 e. The Balaban J connectivity index is 4.04. The van der Waals surface area contributed by atoms with Crippen molar-refractivity contribution in [2.24, 2.45) is 5.41 Å². The van der Waals surface area contributed by atoms with Crippen LogP contribution in [0.1, 0.15) is 135 Å². The normalized spacial score (nSPS) is 11.5. The van der Waals surface area contributed by atoms with Crippen molar-refractivity contribution in [3.05, 3.63) is 12.3 Å². The van der Waals surface area contributed by atoms with Gasteiger partial charge in [0.1, 0.15) is 0 Å². The largest absolute Gasteiger partial charge is 0.513 e. The Kier molecular flexibility index (Phi) is 18.2. The zero-order valence-electron chi connectivity index (χ0n) is 20.0. The first-order valence-electron chi connectivity index (χ1n) is 12.7. The summed E-state index contributed by atoms with van der Waals surface area (Å²) in [5.74, 6) is -2.10. The Hall–Kier alpha value is -1.52. The molecule has 0 unspecified atom stereocenters. The van der Waals surface area contributed by atoms with Gasteiger partial charge in [-0.05, 0) is 19.3 Å². The van der Waals surface area contributed by atoms with Gasteiger partial charge in [0.05, 0.1) is 5.76 Å². The maximum atomic E-state index is 11.8. The second kappa shape index (κ2) is 19.2. The van der Waals surface area contributed by atoms with Crippen molar-refractivity contribution in [3.63, 3.8) is 0 Å². The molecule has 0 aromatic rings. The molecule has 0 aromatic heterocycles. The summed E-state index contributed by atoms with van der Waals surface area (Å²) in [6.07, 6.45) is 19.2. The number of aliphatic hydroxyl groups excluding tert-OH is 1. The van der Waals surface area contributed by atoms with Crippen LogP contribution in [0.5, 0.6) is 0 Å². The lowest BCUT2D eigenvalue weighted by Gasteiger charge is -2.25. The molecule has 0 atom stereocenters. The molecule has 5 nitrogen and oxygen atoms in total. The maximum absolute atomic E-state index is 11.8. The van der Waals surface area contributed by atoms with Crippen LogP contribution in [-0.4, -0.2) is 27.3 Å². The van der Waals surface area contributed by atoms with E-state index in [0.29, 0.717) is 19.3 Å². The van der Waals surface area contributed by atoms with Crippen molar-refractivity contribution >= 4 is 11.9 Å². The molecule has 0 aliphatic carbocycles. The lowest BCUT2D eigenvalue weighted by atomic mass is 9.78. The number of carbonyl (C=O) groups is 2. The zero-order chi connectivity index (χ0) is 23.4. The molecular formula is C26H48O5. The first-order chi connectivity index (χ1) is 14.9. The third kappa shape index (κ3) is 15.0. The first-order valence-corrected chi connectivity index (χ1v) is 12.7. The van der Waals surface area contributed by atoms with E-state index in [0.717, 1.165) is 64.2 Å². The van der Waals surface area contributed by atoms with Crippen LogP contribution in [0.15, 0.2) is 12.3 Å². The third-order valence-corrected chi connectivity index (χ3v) is 6.34. The van der Waals surface area contributed by atoms with E-state index in [-0.39, 0.29) is 18.6 Å². The van der Waals surface area contributed by atoms with Gasteiger partial charge in [-0.15, -0.1) is 0 Å². The second-order valence-electron chi connectivity index (χ2n) is 9.17. The molecule has 3 N–H and O–H groups in total. The van der Waals surface area contributed by atoms with Gasteiger partial charge in [0.15, 0.2) is 5.41 Å². The zero-order valence-corrected chi connectivity index (χ0v) is 20.0. The number of allylic oxidation sites excluding steroid dienone is 1. The van der Waals surface area contributed by atoms with Gasteiger partial charge in [-0.25, -0.2) is 0 Å². The molecule has 0 fully saturated rings. The van der Waals surface area contributed by atoms with Crippen molar-refractivity contribution in [1.82, 2.24) is 0 Å². The van der Waals surface area contributed by atoms with Crippen LogP contribution in [0.2, 0.25) is 0 Å². The van der Waals surface area contributed by atoms with Crippen molar-refractivity contribution in [2.45, 2.75) is 135 Å². The first kappa shape index (κ1) is 29.5. The average Bonchev–Trinajstić information content (AvgIpc) is 2.71. The van der Waals surface area contributed by atoms with Gasteiger partial charge in [0.2, 0.25) is 0 Å². The van der Waals surface area contributed by atoms with Crippen molar-refractivity contribution in [2.75, 3.05) is 0 Å². The van der Waals surface area contributed by atoms with E-state index in [2.05, 4.69) is 13.5 Å². The highest BCUT2D eigenvalue weighted by molar-refractivity contribution is 5.98. The summed E-state index contributed by atoms with van der Waals surface area (Å²) in [7, 11) is 0. The Bertz CT molecular complexity index is 472. The highest BCUT2D eigenvalue weighted by Crippen LogP contribution is 2.33. The van der Waals surface area contributed by atoms with Gasteiger partial charge < -0.3 is 15.3 Å². The van der Waals surface area contributed by atoms with Gasteiger partial charge in [-0.2, -0.15) is 0 Å². The molecule has 0 amide bonds. The van der Waals surface area contributed by atoms with Crippen molar-refractivity contribution in [1.29, 1.82) is 0 Å². The summed E-state index contributed by atoms with van der Waals surface area (Å²) >= 11 is 0. The van der Waals surface area contributed by atoms with Crippen LogP contribution in [-0.2, 0) is 9.59 Å². The molecule has 0 saturated heterocycles. The fourth-order valence-corrected chi connectivity index (χ4v) is 4.20. The minimum Gasteiger partial charge on any atom is -0.513 e. The SMILES string of the molecule is C=C(O)CCCCCCCCCCC(CCCCCCCCCCC)(C(=O)O)C(=O)O. The number of carboxylic acid groups (broad SMARTS) is 2. The highest BCUT2D eigenvalue weighted by Gasteiger charge is 2.45. The lowest BCUT2D eigenvalue weighted by Crippen LogP contribution is -2.39. The topological polar surface area (TPSA) is 94.8 Å². The van der Waals surface area contributed by atoms with E-state index in [9.17, 15) is 19.8 Å². The van der Waals surface area contributed by atoms with E-state index in [4.69, 9.17) is 5.11 Å². The number of carboxylic acids is 2. The standard InChI is InChI=1S/C26H48O5/c1-3-4-5-6-7-9-12-15-18-21-26(24(28)29,25(30)31)22-19-16-13-10-8-11-14-17-20-23(2)27/h27H,2-22H2,1H3,(H,28,29)(H,30,31). The van der Waals surface area contributed by atoms with E-state index in [1.807, 2.05) is 0 Å². The van der Waals surface area contributed by atoms with Gasteiger partial charge in [-0.1, -0.05) is 116 Å². The van der Waals surface area contributed by atoms with Gasteiger partial charge >= 0.3 is 11.9 Å². The van der Waals surface area contributed by atoms with E-state index >= 15 is 0 Å². The number of aliphatic hydroxyl groups is 1. The summed E-state index contributed by atoms with van der Waals surface area (Å²) in [6.45, 7) is 5.69. The van der Waals surface area contributed by atoms with E-state index < -0.39 is 17.4 Å². The molecule has 0 radical (unpaired) electrons. The Morgan fingerprint density at radius 2 is 0.903 bits per heavy atom. The summed E-state index contributed by atoms with van der Waals surface area (Å²) in [6, 6.07) is 0. The lowest BCUT2D eigenvalue weighted by molar-refractivity contribution is -0.166. The van der Waals surface area contributed by atoms with E-state index in [1.54, 1.807) is 0 Å². The molecule has 0 bridgehead atoms. The van der Waals surface area contributed by atoms with Crippen LogP contribution in [0, 0.1) is 5.41 Å². The minimum absolute atomic E-state index is 0.229. The molecule has 0 aromatic carbocycles. The summed E-state index contributed by atoms with van der Waals surface area (Å²) in [5, 5.41) is 28.4. The van der Waals surface area contributed by atoms with Gasteiger partial charge in [0.25, 0.3) is 0 Å². The molecular weight excluding hydrogens is 392 g/mol. The number of hydrogen-bond donors (Lipinski definition) is 3. The minimum atomic E-state index is -1.62. The number of unbranched alkanes of at least 4 members (excludes halogenated alkanes) is 15. The Morgan fingerprint density at radius 1 is 0.581 bits per heavy atom. The van der Waals surface area contributed by atoms with Crippen LogP contribution in [0.3, 0.4) is 0 Å². The highest BCUT2D eigenvalue weighted by atomic mass is 16.4. The fraction of sp³-hybridized carbons (Fsp3) is 0.846. The second-order valence-corrected chi connectivity index (χ2v) is 9.17. The van der Waals surface area contributed by atoms with Crippen LogP contribution >= 0.6 is 0 Å². The molecule has 0 aliphatic rings. The number of hydrogen-bond acceptors (Lipinski definition) is 3. The molecule has 0 spiro atoms. The Labute approximate surface area is 190 Å². The third-order valence-electron chi connectivity index (χ3n) is 6.34. The predicted molar refractivity (Wildman–Crippen MR) is 127 cm³/mol. The summed E-state index contributed by atoms with van der Waals surface area (Å²) in [5.41, 5.74) is -1.62. The average molecular weight is 441 g/mol. The molecule has 0 aliphatic heterocycles. The fourth-order valence-electron chi connectivity index (χ4n) is 4.20.